The number of carbonyl (C=O) groups excluding carboxylic acids is 3. The first kappa shape index (κ1) is 33.9. The Balaban J connectivity index is 1.33. The van der Waals surface area contributed by atoms with E-state index in [-0.39, 0.29) is 12.8 Å². The van der Waals surface area contributed by atoms with E-state index in [0.29, 0.717) is 28.4 Å². The average molecular weight is 672 g/mol. The Morgan fingerprint density at radius 1 is 0.833 bits per heavy atom. The van der Waals surface area contributed by atoms with Crippen molar-refractivity contribution in [3.8, 4) is 11.5 Å². The third-order valence-electron chi connectivity index (χ3n) is 8.13. The number of methoxy groups -OCH3 is 2. The second-order valence-electron chi connectivity index (χ2n) is 11.3. The highest BCUT2D eigenvalue weighted by molar-refractivity contribution is 7.88. The fraction of sp³-hybridized carbons (Fsp3) is 0.229. The van der Waals surface area contributed by atoms with E-state index < -0.39 is 45.6 Å². The molecular weight excluding hydrogens is 634 g/mol. The van der Waals surface area contributed by atoms with Gasteiger partial charge in [0.2, 0.25) is 5.91 Å². The molecule has 1 saturated carbocycles. The molecule has 1 aliphatic carbocycles. The Morgan fingerprint density at radius 3 is 1.98 bits per heavy atom. The van der Waals surface area contributed by atoms with Crippen LogP contribution in [0.1, 0.15) is 23.5 Å². The van der Waals surface area contributed by atoms with E-state index in [1.165, 1.54) is 19.1 Å². The summed E-state index contributed by atoms with van der Waals surface area (Å²) in [5, 5.41) is 5.35. The van der Waals surface area contributed by atoms with Crippen molar-refractivity contribution >= 4 is 39.4 Å². The molecule has 0 saturated heterocycles. The fourth-order valence-corrected chi connectivity index (χ4v) is 6.43. The van der Waals surface area contributed by atoms with Crippen LogP contribution in [0.2, 0.25) is 0 Å². The first-order valence-electron chi connectivity index (χ1n) is 15.1. The van der Waals surface area contributed by atoms with Gasteiger partial charge in [-0.2, -0.15) is 13.1 Å². The van der Waals surface area contributed by atoms with Crippen LogP contribution in [0, 0.1) is 0 Å². The standard InChI is InChI=1S/C35H37N5O7S/c1-40(27-16-20-29(47-3)21-17-27)33(42)35(23-30(35)25-12-8-5-9-13-25)37-34(43)39-48(44,45)38-31(22-24-10-6-4-7-11-24)32(41)36-26-14-18-28(46-2)19-15-26/h4-21,30-31,38H,22-23H2,1-3H3,(H,36,41)(H2,37,39,43)/t30-,31+,35-/m1/s1. The van der Waals surface area contributed by atoms with Crippen LogP contribution in [-0.2, 0) is 26.2 Å². The molecule has 4 aromatic rings. The Kier molecular flexibility index (Phi) is 10.3. The molecule has 0 spiro atoms. The van der Waals surface area contributed by atoms with E-state index >= 15 is 0 Å². The summed E-state index contributed by atoms with van der Waals surface area (Å²) in [5.74, 6) is -0.283. The number of nitrogens with zero attached hydrogens (tertiary/aromatic N) is 1. The predicted molar refractivity (Wildman–Crippen MR) is 182 cm³/mol. The lowest BCUT2D eigenvalue weighted by atomic mass is 10.0. The van der Waals surface area contributed by atoms with Crippen LogP contribution in [0.3, 0.4) is 0 Å². The van der Waals surface area contributed by atoms with Crippen molar-refractivity contribution < 1.29 is 32.3 Å². The van der Waals surface area contributed by atoms with Crippen molar-refractivity contribution in [1.82, 2.24) is 14.8 Å². The Hall–Kier alpha value is -5.40. The number of ether oxygens (including phenoxy) is 2. The number of rotatable bonds is 13. The van der Waals surface area contributed by atoms with Crippen LogP contribution < -0.4 is 34.5 Å². The fourth-order valence-electron chi connectivity index (χ4n) is 5.51. The molecule has 0 radical (unpaired) electrons. The van der Waals surface area contributed by atoms with Crippen LogP contribution in [0.4, 0.5) is 16.2 Å². The number of hydrogen-bond donors (Lipinski definition) is 4. The maximum atomic E-state index is 14.0. The Labute approximate surface area is 279 Å². The van der Waals surface area contributed by atoms with Crippen molar-refractivity contribution in [3.05, 3.63) is 120 Å². The summed E-state index contributed by atoms with van der Waals surface area (Å²) >= 11 is 0. The number of anilines is 2. The van der Waals surface area contributed by atoms with Gasteiger partial charge in [0.05, 0.1) is 14.2 Å². The molecule has 5 rings (SSSR count). The van der Waals surface area contributed by atoms with Gasteiger partial charge in [-0.15, -0.1) is 0 Å². The molecular formula is C35H37N5O7S. The summed E-state index contributed by atoms with van der Waals surface area (Å²) in [6.45, 7) is 0. The van der Waals surface area contributed by atoms with Crippen LogP contribution in [0.15, 0.2) is 109 Å². The maximum absolute atomic E-state index is 14.0. The van der Waals surface area contributed by atoms with Gasteiger partial charge >= 0.3 is 16.2 Å². The lowest BCUT2D eigenvalue weighted by Crippen LogP contribution is -2.57. The molecule has 48 heavy (non-hydrogen) atoms. The number of nitrogens with one attached hydrogen (secondary N) is 4. The highest BCUT2D eigenvalue weighted by atomic mass is 32.2. The minimum Gasteiger partial charge on any atom is -0.497 e. The third kappa shape index (κ3) is 8.11. The van der Waals surface area contributed by atoms with E-state index in [1.807, 2.05) is 35.1 Å². The van der Waals surface area contributed by atoms with Crippen LogP contribution in [-0.4, -0.2) is 59.1 Å². The van der Waals surface area contributed by atoms with Gasteiger partial charge in [0, 0.05) is 24.3 Å². The monoisotopic (exact) mass is 671 g/mol. The Bertz CT molecular complexity index is 1840. The summed E-state index contributed by atoms with van der Waals surface area (Å²) in [7, 11) is 0.0259. The number of carbonyl (C=O) groups is 3. The first-order valence-corrected chi connectivity index (χ1v) is 16.6. The molecule has 12 nitrogen and oxygen atoms in total. The molecule has 4 aromatic carbocycles. The average Bonchev–Trinajstić information content (AvgIpc) is 3.82. The number of hydrogen-bond acceptors (Lipinski definition) is 7. The largest absolute Gasteiger partial charge is 0.497 e. The molecule has 0 unspecified atom stereocenters. The molecule has 13 heteroatoms. The van der Waals surface area contributed by atoms with Gasteiger partial charge in [0.1, 0.15) is 23.1 Å². The molecule has 0 bridgehead atoms. The van der Waals surface area contributed by atoms with Crippen molar-refractivity contribution in [3.63, 3.8) is 0 Å². The summed E-state index contributed by atoms with van der Waals surface area (Å²) in [6, 6.07) is 29.0. The highest BCUT2D eigenvalue weighted by Gasteiger charge is 2.63. The summed E-state index contributed by atoms with van der Waals surface area (Å²) in [4.78, 5) is 42.1. The van der Waals surface area contributed by atoms with Gasteiger partial charge in [-0.1, -0.05) is 60.7 Å². The molecule has 4 amide bonds. The van der Waals surface area contributed by atoms with Gasteiger partial charge in [0.25, 0.3) is 5.91 Å². The number of benzene rings is 4. The predicted octanol–water partition coefficient (Wildman–Crippen LogP) is 3.98. The van der Waals surface area contributed by atoms with Crippen LogP contribution in [0.25, 0.3) is 0 Å². The molecule has 4 N–H and O–H groups in total. The lowest BCUT2D eigenvalue weighted by Gasteiger charge is -2.26. The molecule has 0 heterocycles. The van der Waals surface area contributed by atoms with Gasteiger partial charge < -0.3 is 25.0 Å². The highest BCUT2D eigenvalue weighted by Crippen LogP contribution is 2.52. The van der Waals surface area contributed by atoms with Gasteiger partial charge in [-0.05, 0) is 72.5 Å². The topological polar surface area (TPSA) is 155 Å². The second kappa shape index (κ2) is 14.6. The minimum absolute atomic E-state index is 0.00345. The quantitative estimate of drug-likeness (QED) is 0.168. The van der Waals surface area contributed by atoms with Crippen molar-refractivity contribution in [2.45, 2.75) is 30.3 Å². The molecule has 250 valence electrons. The van der Waals surface area contributed by atoms with E-state index in [1.54, 1.807) is 85.9 Å². The Morgan fingerprint density at radius 2 is 1.40 bits per heavy atom. The maximum Gasteiger partial charge on any atom is 0.330 e. The number of urea groups is 1. The molecule has 1 aliphatic rings. The van der Waals surface area contributed by atoms with E-state index in [0.717, 1.165) is 5.56 Å². The summed E-state index contributed by atoms with van der Waals surface area (Å²) in [5.41, 5.74) is 1.06. The minimum atomic E-state index is -4.61. The number of likely N-dealkylation sites (N-methyl/N-ethyl adjacent to an activating group) is 1. The molecule has 0 aliphatic heterocycles. The lowest BCUT2D eigenvalue weighted by molar-refractivity contribution is -0.121. The van der Waals surface area contributed by atoms with Crippen molar-refractivity contribution in [2.24, 2.45) is 0 Å². The van der Waals surface area contributed by atoms with E-state index in [2.05, 4.69) is 15.4 Å². The summed E-state index contributed by atoms with van der Waals surface area (Å²) < 4.78 is 41.3. The molecule has 0 aromatic heterocycles. The zero-order valence-corrected chi connectivity index (χ0v) is 27.5. The van der Waals surface area contributed by atoms with E-state index in [9.17, 15) is 22.8 Å². The zero-order valence-electron chi connectivity index (χ0n) is 26.7. The second-order valence-corrected chi connectivity index (χ2v) is 12.8. The number of amides is 4. The smallest absolute Gasteiger partial charge is 0.330 e. The third-order valence-corrected chi connectivity index (χ3v) is 9.18. The SMILES string of the molecule is COc1ccc(NC(=O)[C@H](Cc2ccccc2)NS(=O)(=O)NC(=O)N[C@]2(C(=O)N(C)c3ccc(OC)cc3)C[C@@H]2c2ccccc2)cc1. The van der Waals surface area contributed by atoms with Crippen LogP contribution in [0.5, 0.6) is 11.5 Å². The molecule has 1 fully saturated rings. The van der Waals surface area contributed by atoms with Gasteiger partial charge in [-0.25, -0.2) is 9.52 Å². The van der Waals surface area contributed by atoms with Gasteiger partial charge in [-0.3, -0.25) is 9.59 Å². The van der Waals surface area contributed by atoms with E-state index in [4.69, 9.17) is 9.47 Å². The first-order chi connectivity index (χ1) is 23.0. The van der Waals surface area contributed by atoms with Crippen LogP contribution >= 0.6 is 0 Å². The summed E-state index contributed by atoms with van der Waals surface area (Å²) in [6.07, 6.45) is 0.245. The van der Waals surface area contributed by atoms with Crippen molar-refractivity contribution in [2.75, 3.05) is 31.5 Å². The molecule has 3 atom stereocenters. The van der Waals surface area contributed by atoms with Gasteiger partial charge in [0.15, 0.2) is 0 Å². The normalized spacial score (nSPS) is 17.4. The van der Waals surface area contributed by atoms with Crippen molar-refractivity contribution in [1.29, 1.82) is 0 Å². The zero-order chi connectivity index (χ0) is 34.3.